The van der Waals surface area contributed by atoms with Crippen molar-refractivity contribution in [2.24, 2.45) is 0 Å². The Labute approximate surface area is 181 Å². The number of amides is 1. The molecule has 4 rings (SSSR count). The van der Waals surface area contributed by atoms with Crippen LogP contribution in [-0.4, -0.2) is 38.1 Å². The van der Waals surface area contributed by atoms with Crippen molar-refractivity contribution >= 4 is 23.3 Å². The number of benzene rings is 1. The van der Waals surface area contributed by atoms with Crippen LogP contribution in [0.15, 0.2) is 48.8 Å². The molecule has 3 heterocycles. The van der Waals surface area contributed by atoms with Gasteiger partial charge in [0, 0.05) is 49.2 Å². The standard InChI is InChI=1S/C23H25ClN4O2/c1-15(2)26-22-10-19(20(24)11-25-22)18-9-21-23(30)28(8-7-27(21)13-18)12-16-5-3-4-6-17(16)14-29/h3-6,9-11,13,15,29H,7-8,12,14H2,1-2H3,(H,25,26). The predicted octanol–water partition coefficient (Wildman–Crippen LogP) is 4.17. The van der Waals surface area contributed by atoms with Crippen LogP contribution >= 0.6 is 11.6 Å². The Morgan fingerprint density at radius 1 is 1.20 bits per heavy atom. The summed E-state index contributed by atoms with van der Waals surface area (Å²) in [5.74, 6) is 0.730. The molecule has 0 saturated carbocycles. The molecule has 0 spiro atoms. The monoisotopic (exact) mass is 424 g/mol. The average Bonchev–Trinajstić information content (AvgIpc) is 3.16. The van der Waals surface area contributed by atoms with Gasteiger partial charge in [-0.05, 0) is 37.1 Å². The molecule has 1 aliphatic rings. The van der Waals surface area contributed by atoms with Gasteiger partial charge < -0.3 is 19.9 Å². The minimum absolute atomic E-state index is 0.0223. The second-order valence-corrected chi connectivity index (χ2v) is 8.22. The molecular weight excluding hydrogens is 400 g/mol. The van der Waals surface area contributed by atoms with Crippen molar-refractivity contribution in [2.75, 3.05) is 11.9 Å². The lowest BCUT2D eigenvalue weighted by molar-refractivity contribution is 0.0689. The number of fused-ring (bicyclic) bond motifs is 1. The van der Waals surface area contributed by atoms with Crippen LogP contribution in [0.4, 0.5) is 5.82 Å². The molecule has 2 aromatic heterocycles. The van der Waals surface area contributed by atoms with Crippen LogP contribution in [0.2, 0.25) is 5.02 Å². The number of hydrogen-bond acceptors (Lipinski definition) is 4. The van der Waals surface area contributed by atoms with E-state index in [0.29, 0.717) is 30.4 Å². The number of pyridine rings is 1. The van der Waals surface area contributed by atoms with E-state index in [1.807, 2.05) is 52.1 Å². The Kier molecular flexibility index (Phi) is 5.79. The Hall–Kier alpha value is -2.83. The largest absolute Gasteiger partial charge is 0.392 e. The molecule has 0 aliphatic carbocycles. The first-order valence-corrected chi connectivity index (χ1v) is 10.4. The molecule has 1 amide bonds. The molecule has 0 saturated heterocycles. The molecule has 156 valence electrons. The van der Waals surface area contributed by atoms with Crippen molar-refractivity contribution in [1.29, 1.82) is 0 Å². The highest BCUT2D eigenvalue weighted by atomic mass is 35.5. The maximum atomic E-state index is 13.1. The van der Waals surface area contributed by atoms with Gasteiger partial charge >= 0.3 is 0 Å². The Morgan fingerprint density at radius 2 is 1.97 bits per heavy atom. The lowest BCUT2D eigenvalue weighted by atomic mass is 10.1. The van der Waals surface area contributed by atoms with Gasteiger partial charge in [-0.1, -0.05) is 35.9 Å². The third-order valence-electron chi connectivity index (χ3n) is 5.27. The molecule has 1 aromatic carbocycles. The fourth-order valence-corrected chi connectivity index (χ4v) is 3.98. The fraction of sp³-hybridized carbons (Fsp3) is 0.304. The molecule has 0 fully saturated rings. The number of nitrogens with zero attached hydrogens (tertiary/aromatic N) is 3. The first-order valence-electron chi connectivity index (χ1n) is 10.1. The van der Waals surface area contributed by atoms with E-state index in [2.05, 4.69) is 24.1 Å². The van der Waals surface area contributed by atoms with E-state index in [4.69, 9.17) is 11.6 Å². The number of anilines is 1. The number of halogens is 1. The van der Waals surface area contributed by atoms with E-state index >= 15 is 0 Å². The zero-order valence-corrected chi connectivity index (χ0v) is 17.9. The number of aliphatic hydroxyl groups is 1. The zero-order valence-electron chi connectivity index (χ0n) is 17.1. The molecule has 1 aliphatic heterocycles. The third kappa shape index (κ3) is 4.06. The quantitative estimate of drug-likeness (QED) is 0.623. The third-order valence-corrected chi connectivity index (χ3v) is 5.57. The maximum absolute atomic E-state index is 13.1. The summed E-state index contributed by atoms with van der Waals surface area (Å²) in [6.07, 6.45) is 3.62. The van der Waals surface area contributed by atoms with Gasteiger partial charge in [-0.2, -0.15) is 0 Å². The summed E-state index contributed by atoms with van der Waals surface area (Å²) in [5, 5.41) is 13.4. The molecule has 7 heteroatoms. The average molecular weight is 425 g/mol. The van der Waals surface area contributed by atoms with E-state index in [0.717, 1.165) is 28.1 Å². The Bertz CT molecular complexity index is 1080. The predicted molar refractivity (Wildman–Crippen MR) is 119 cm³/mol. The van der Waals surface area contributed by atoms with Crippen LogP contribution in [0.1, 0.15) is 35.5 Å². The molecule has 0 unspecified atom stereocenters. The van der Waals surface area contributed by atoms with Crippen molar-refractivity contribution in [2.45, 2.75) is 39.6 Å². The molecule has 0 bridgehead atoms. The molecule has 30 heavy (non-hydrogen) atoms. The highest BCUT2D eigenvalue weighted by Gasteiger charge is 2.26. The topological polar surface area (TPSA) is 70.4 Å². The molecule has 6 nitrogen and oxygen atoms in total. The number of aliphatic hydroxyl groups excluding tert-OH is 1. The van der Waals surface area contributed by atoms with E-state index in [9.17, 15) is 9.90 Å². The van der Waals surface area contributed by atoms with Gasteiger partial charge in [0.15, 0.2) is 0 Å². The summed E-state index contributed by atoms with van der Waals surface area (Å²) >= 11 is 6.42. The molecule has 2 N–H and O–H groups in total. The Morgan fingerprint density at radius 3 is 2.70 bits per heavy atom. The first kappa shape index (κ1) is 20.4. The second-order valence-electron chi connectivity index (χ2n) is 7.81. The molecule has 0 radical (unpaired) electrons. The zero-order chi connectivity index (χ0) is 21.3. The van der Waals surface area contributed by atoms with E-state index in [1.165, 1.54) is 0 Å². The van der Waals surface area contributed by atoms with E-state index in [1.54, 1.807) is 6.20 Å². The van der Waals surface area contributed by atoms with Crippen molar-refractivity contribution in [3.63, 3.8) is 0 Å². The number of nitrogens with one attached hydrogen (secondary N) is 1. The minimum atomic E-state index is -0.0357. The second kappa shape index (κ2) is 8.50. The van der Waals surface area contributed by atoms with Gasteiger partial charge in [0.2, 0.25) is 0 Å². The SMILES string of the molecule is CC(C)Nc1cc(-c2cc3n(c2)CCN(Cc2ccccc2CO)C3=O)c(Cl)cn1. The summed E-state index contributed by atoms with van der Waals surface area (Å²) in [4.78, 5) is 19.3. The van der Waals surface area contributed by atoms with E-state index < -0.39 is 0 Å². The van der Waals surface area contributed by atoms with Crippen molar-refractivity contribution in [3.8, 4) is 11.1 Å². The van der Waals surface area contributed by atoms with Crippen molar-refractivity contribution in [1.82, 2.24) is 14.5 Å². The molecule has 0 atom stereocenters. The minimum Gasteiger partial charge on any atom is -0.392 e. The number of hydrogen-bond donors (Lipinski definition) is 2. The van der Waals surface area contributed by atoms with Gasteiger partial charge in [0.05, 0.1) is 11.6 Å². The summed E-state index contributed by atoms with van der Waals surface area (Å²) in [5.41, 5.74) is 4.21. The highest BCUT2D eigenvalue weighted by molar-refractivity contribution is 6.33. The van der Waals surface area contributed by atoms with Crippen LogP contribution in [0.3, 0.4) is 0 Å². The lowest BCUT2D eigenvalue weighted by Gasteiger charge is -2.29. The van der Waals surface area contributed by atoms with E-state index in [-0.39, 0.29) is 18.6 Å². The summed E-state index contributed by atoms with van der Waals surface area (Å²) in [7, 11) is 0. The van der Waals surface area contributed by atoms with Gasteiger partial charge in [-0.25, -0.2) is 4.98 Å². The van der Waals surface area contributed by atoms with Crippen LogP contribution < -0.4 is 5.32 Å². The lowest BCUT2D eigenvalue weighted by Crippen LogP contribution is -2.39. The van der Waals surface area contributed by atoms with Gasteiger partial charge in [0.25, 0.3) is 5.91 Å². The summed E-state index contributed by atoms with van der Waals surface area (Å²) < 4.78 is 1.98. The van der Waals surface area contributed by atoms with Crippen molar-refractivity contribution in [3.05, 3.63) is 70.6 Å². The smallest absolute Gasteiger partial charge is 0.270 e. The Balaban J connectivity index is 1.61. The molecular formula is C23H25ClN4O2. The van der Waals surface area contributed by atoms with Crippen molar-refractivity contribution < 1.29 is 9.90 Å². The van der Waals surface area contributed by atoms with Crippen LogP contribution in [0.25, 0.3) is 11.1 Å². The fourth-order valence-electron chi connectivity index (χ4n) is 3.77. The number of carbonyl (C=O) groups excluding carboxylic acids is 1. The van der Waals surface area contributed by atoms with Crippen LogP contribution in [-0.2, 0) is 19.7 Å². The summed E-state index contributed by atoms with van der Waals surface area (Å²) in [6.45, 7) is 5.87. The number of aromatic nitrogens is 2. The normalized spacial score (nSPS) is 13.6. The molecule has 3 aromatic rings. The first-order chi connectivity index (χ1) is 14.5. The van der Waals surface area contributed by atoms with Gasteiger partial charge in [-0.3, -0.25) is 4.79 Å². The number of rotatable bonds is 6. The highest BCUT2D eigenvalue weighted by Crippen LogP contribution is 2.32. The number of carbonyl (C=O) groups is 1. The van der Waals surface area contributed by atoms with Crippen LogP contribution in [0, 0.1) is 0 Å². The van der Waals surface area contributed by atoms with Crippen LogP contribution in [0.5, 0.6) is 0 Å². The maximum Gasteiger partial charge on any atom is 0.270 e. The van der Waals surface area contributed by atoms with Gasteiger partial charge in [-0.15, -0.1) is 0 Å². The summed E-state index contributed by atoms with van der Waals surface area (Å²) in [6, 6.07) is 11.7. The van der Waals surface area contributed by atoms with Gasteiger partial charge in [0.1, 0.15) is 11.5 Å².